The van der Waals surface area contributed by atoms with Crippen molar-refractivity contribution in [2.75, 3.05) is 6.61 Å². The molecule has 0 amide bonds. The van der Waals surface area contributed by atoms with Gasteiger partial charge in [0.25, 0.3) is 0 Å². The monoisotopic (exact) mass is 241 g/mol. The van der Waals surface area contributed by atoms with Crippen LogP contribution in [-0.4, -0.2) is 34.9 Å². The van der Waals surface area contributed by atoms with Gasteiger partial charge in [-0.1, -0.05) is 6.92 Å². The molecule has 2 rings (SSSR count). The van der Waals surface area contributed by atoms with Crippen molar-refractivity contribution in [3.05, 3.63) is 0 Å². The molecule has 0 radical (unpaired) electrons. The number of carboxylic acid groups (broad SMARTS) is 1. The zero-order valence-corrected chi connectivity index (χ0v) is 10.8. The Bertz CT molecular complexity index is 301. The van der Waals surface area contributed by atoms with Gasteiger partial charge in [0.15, 0.2) is 0 Å². The number of hydrogen-bond acceptors (Lipinski definition) is 3. The molecule has 2 N–H and O–H groups in total. The minimum Gasteiger partial charge on any atom is -0.480 e. The van der Waals surface area contributed by atoms with Crippen LogP contribution in [0, 0.1) is 0 Å². The lowest BCUT2D eigenvalue weighted by Crippen LogP contribution is -2.58. The predicted molar refractivity (Wildman–Crippen MR) is 65.0 cm³/mol. The van der Waals surface area contributed by atoms with Gasteiger partial charge in [0.1, 0.15) is 5.54 Å². The van der Waals surface area contributed by atoms with E-state index in [1.807, 2.05) is 6.92 Å². The van der Waals surface area contributed by atoms with E-state index in [1.165, 1.54) is 6.42 Å². The summed E-state index contributed by atoms with van der Waals surface area (Å²) in [5, 5.41) is 12.6. The zero-order valence-electron chi connectivity index (χ0n) is 10.8. The second-order valence-electron chi connectivity index (χ2n) is 5.71. The van der Waals surface area contributed by atoms with Crippen LogP contribution in [0.15, 0.2) is 0 Å². The second-order valence-corrected chi connectivity index (χ2v) is 5.71. The number of aliphatic carboxylic acids is 1. The Morgan fingerprint density at radius 3 is 2.76 bits per heavy atom. The number of hydrogen-bond donors (Lipinski definition) is 2. The summed E-state index contributed by atoms with van der Waals surface area (Å²) in [6.07, 6.45) is 6.02. The summed E-state index contributed by atoms with van der Waals surface area (Å²) >= 11 is 0. The molecule has 4 heteroatoms. The smallest absolute Gasteiger partial charge is 0.323 e. The van der Waals surface area contributed by atoms with E-state index in [4.69, 9.17) is 4.74 Å². The van der Waals surface area contributed by atoms with Gasteiger partial charge >= 0.3 is 5.97 Å². The second kappa shape index (κ2) is 4.58. The van der Waals surface area contributed by atoms with Gasteiger partial charge in [0, 0.05) is 12.6 Å². The quantitative estimate of drug-likeness (QED) is 0.789. The first-order chi connectivity index (χ1) is 8.00. The summed E-state index contributed by atoms with van der Waals surface area (Å²) < 4.78 is 5.85. The van der Waals surface area contributed by atoms with Crippen molar-refractivity contribution in [1.29, 1.82) is 0 Å². The van der Waals surface area contributed by atoms with Gasteiger partial charge in [-0.25, -0.2) is 0 Å². The van der Waals surface area contributed by atoms with E-state index in [9.17, 15) is 9.90 Å². The Morgan fingerprint density at radius 1 is 1.59 bits per heavy atom. The van der Waals surface area contributed by atoms with Crippen LogP contribution in [0.4, 0.5) is 0 Å². The van der Waals surface area contributed by atoms with Crippen molar-refractivity contribution in [2.45, 2.75) is 69.6 Å². The first kappa shape index (κ1) is 12.8. The largest absolute Gasteiger partial charge is 0.480 e. The Morgan fingerprint density at radius 2 is 2.29 bits per heavy atom. The van der Waals surface area contributed by atoms with E-state index in [0.29, 0.717) is 6.42 Å². The van der Waals surface area contributed by atoms with Gasteiger partial charge in [-0.2, -0.15) is 0 Å². The van der Waals surface area contributed by atoms with Gasteiger partial charge in [-0.05, 0) is 45.4 Å². The SMILES string of the molecule is CCC(C)(NC1CCOC2(CCC2)C1)C(=O)O. The van der Waals surface area contributed by atoms with Crippen molar-refractivity contribution in [3.8, 4) is 0 Å². The molecule has 1 aliphatic carbocycles. The number of rotatable bonds is 4. The first-order valence-corrected chi connectivity index (χ1v) is 6.65. The van der Waals surface area contributed by atoms with Gasteiger partial charge < -0.3 is 9.84 Å². The molecule has 2 unspecified atom stereocenters. The highest BCUT2D eigenvalue weighted by atomic mass is 16.5. The summed E-state index contributed by atoms with van der Waals surface area (Å²) in [5.74, 6) is -0.755. The fourth-order valence-electron chi connectivity index (χ4n) is 2.84. The van der Waals surface area contributed by atoms with Crippen LogP contribution in [0.1, 0.15) is 52.4 Å². The number of ether oxygens (including phenoxy) is 1. The molecule has 0 aromatic heterocycles. The summed E-state index contributed by atoms with van der Waals surface area (Å²) in [7, 11) is 0. The van der Waals surface area contributed by atoms with Crippen molar-refractivity contribution < 1.29 is 14.6 Å². The molecule has 1 saturated heterocycles. The molecule has 0 aromatic rings. The average molecular weight is 241 g/mol. The van der Waals surface area contributed by atoms with Crippen molar-refractivity contribution >= 4 is 5.97 Å². The third-order valence-electron chi connectivity index (χ3n) is 4.46. The van der Waals surface area contributed by atoms with E-state index in [-0.39, 0.29) is 11.6 Å². The highest BCUT2D eigenvalue weighted by molar-refractivity contribution is 5.78. The van der Waals surface area contributed by atoms with Gasteiger partial charge in [0.05, 0.1) is 5.60 Å². The fourth-order valence-corrected chi connectivity index (χ4v) is 2.84. The molecule has 4 nitrogen and oxygen atoms in total. The zero-order chi connectivity index (χ0) is 12.5. The molecular weight excluding hydrogens is 218 g/mol. The molecule has 2 aliphatic rings. The topological polar surface area (TPSA) is 58.6 Å². The molecule has 17 heavy (non-hydrogen) atoms. The van der Waals surface area contributed by atoms with Crippen molar-refractivity contribution in [3.63, 3.8) is 0 Å². The third-order valence-corrected chi connectivity index (χ3v) is 4.46. The highest BCUT2D eigenvalue weighted by Gasteiger charge is 2.44. The Labute approximate surface area is 103 Å². The lowest BCUT2D eigenvalue weighted by molar-refractivity contribution is -0.151. The summed E-state index contributed by atoms with van der Waals surface area (Å²) in [6.45, 7) is 4.45. The highest BCUT2D eigenvalue weighted by Crippen LogP contribution is 2.42. The normalized spacial score (nSPS) is 30.6. The predicted octanol–water partition coefficient (Wildman–Crippen LogP) is 1.93. The maximum absolute atomic E-state index is 11.3. The number of nitrogens with one attached hydrogen (secondary N) is 1. The van der Waals surface area contributed by atoms with Crippen LogP contribution in [-0.2, 0) is 9.53 Å². The van der Waals surface area contributed by atoms with Crippen LogP contribution >= 0.6 is 0 Å². The van der Waals surface area contributed by atoms with Crippen LogP contribution in [0.2, 0.25) is 0 Å². The standard InChI is InChI=1S/C13H23NO3/c1-3-12(2,11(15)16)14-10-5-8-17-13(9-10)6-4-7-13/h10,14H,3-9H2,1-2H3,(H,15,16). The molecule has 0 bridgehead atoms. The van der Waals surface area contributed by atoms with Gasteiger partial charge in [-0.3, -0.25) is 10.1 Å². The summed E-state index contributed by atoms with van der Waals surface area (Å²) in [6, 6.07) is 0.282. The molecule has 1 aliphatic heterocycles. The third kappa shape index (κ3) is 2.47. The van der Waals surface area contributed by atoms with Gasteiger partial charge in [0.2, 0.25) is 0 Å². The summed E-state index contributed by atoms with van der Waals surface area (Å²) in [5.41, 5.74) is -0.726. The molecule has 0 aromatic carbocycles. The molecule has 98 valence electrons. The maximum Gasteiger partial charge on any atom is 0.323 e. The van der Waals surface area contributed by atoms with Crippen LogP contribution in [0.25, 0.3) is 0 Å². The number of carbonyl (C=O) groups is 1. The minimum atomic E-state index is -0.799. The lowest BCUT2D eigenvalue weighted by atomic mass is 9.73. The van der Waals surface area contributed by atoms with Crippen molar-refractivity contribution in [1.82, 2.24) is 5.32 Å². The molecule has 1 saturated carbocycles. The molecular formula is C13H23NO3. The molecule has 2 fully saturated rings. The van der Waals surface area contributed by atoms with Crippen LogP contribution in [0.5, 0.6) is 0 Å². The van der Waals surface area contributed by atoms with Crippen LogP contribution < -0.4 is 5.32 Å². The van der Waals surface area contributed by atoms with E-state index in [1.54, 1.807) is 6.92 Å². The van der Waals surface area contributed by atoms with E-state index < -0.39 is 11.5 Å². The van der Waals surface area contributed by atoms with E-state index >= 15 is 0 Å². The number of carboxylic acids is 1. The van der Waals surface area contributed by atoms with E-state index in [2.05, 4.69) is 5.32 Å². The Hall–Kier alpha value is -0.610. The fraction of sp³-hybridized carbons (Fsp3) is 0.923. The average Bonchev–Trinajstić information content (AvgIpc) is 2.27. The maximum atomic E-state index is 11.3. The Kier molecular flexibility index (Phi) is 3.46. The lowest BCUT2D eigenvalue weighted by Gasteiger charge is -2.48. The minimum absolute atomic E-state index is 0.0725. The first-order valence-electron chi connectivity index (χ1n) is 6.65. The van der Waals surface area contributed by atoms with Crippen molar-refractivity contribution in [2.24, 2.45) is 0 Å². The molecule has 1 spiro atoms. The Balaban J connectivity index is 1.96. The molecule has 2 atom stereocenters. The van der Waals surface area contributed by atoms with Crippen LogP contribution in [0.3, 0.4) is 0 Å². The van der Waals surface area contributed by atoms with Gasteiger partial charge in [-0.15, -0.1) is 0 Å². The summed E-state index contributed by atoms with van der Waals surface area (Å²) in [4.78, 5) is 11.3. The molecule has 1 heterocycles. The van der Waals surface area contributed by atoms with E-state index in [0.717, 1.165) is 32.3 Å².